The molecule has 0 saturated carbocycles. The van der Waals surface area contributed by atoms with Crippen molar-refractivity contribution in [2.75, 3.05) is 26.7 Å². The molecular formula is C22H27N5O. The summed E-state index contributed by atoms with van der Waals surface area (Å²) in [7, 11) is 1.81. The van der Waals surface area contributed by atoms with Gasteiger partial charge in [0.15, 0.2) is 5.96 Å². The normalized spacial score (nSPS) is 13.4. The number of hydrogen-bond acceptors (Lipinski definition) is 3. The lowest BCUT2D eigenvalue weighted by atomic mass is 10.1. The van der Waals surface area contributed by atoms with Gasteiger partial charge >= 0.3 is 0 Å². The van der Waals surface area contributed by atoms with Gasteiger partial charge in [0.05, 0.1) is 24.0 Å². The Bertz CT molecular complexity index is 962. The molecule has 0 amide bonds. The fourth-order valence-corrected chi connectivity index (χ4v) is 3.59. The van der Waals surface area contributed by atoms with Crippen LogP contribution in [0.15, 0.2) is 53.8 Å². The highest BCUT2D eigenvalue weighted by Gasteiger charge is 2.11. The predicted octanol–water partition coefficient (Wildman–Crippen LogP) is 2.77. The van der Waals surface area contributed by atoms with Crippen LogP contribution in [0.5, 0.6) is 5.75 Å². The summed E-state index contributed by atoms with van der Waals surface area (Å²) in [5.41, 5.74) is 4.89. The largest absolute Gasteiger partial charge is 0.493 e. The average Bonchev–Trinajstić information content (AvgIpc) is 3.36. The summed E-state index contributed by atoms with van der Waals surface area (Å²) in [6, 6.07) is 14.7. The Kier molecular flexibility index (Phi) is 5.75. The Hall–Kier alpha value is -3.02. The first-order chi connectivity index (χ1) is 13.8. The van der Waals surface area contributed by atoms with Gasteiger partial charge in [-0.1, -0.05) is 24.3 Å². The molecule has 2 N–H and O–H groups in total. The first-order valence-corrected chi connectivity index (χ1v) is 9.92. The number of aromatic nitrogens is 2. The second-order valence-corrected chi connectivity index (χ2v) is 7.00. The number of para-hydroxylation sites is 2. The van der Waals surface area contributed by atoms with Crippen molar-refractivity contribution in [1.29, 1.82) is 0 Å². The van der Waals surface area contributed by atoms with Crippen molar-refractivity contribution in [3.05, 3.63) is 59.9 Å². The van der Waals surface area contributed by atoms with Crippen LogP contribution >= 0.6 is 0 Å². The summed E-state index contributed by atoms with van der Waals surface area (Å²) in [5, 5.41) is 6.79. The molecule has 1 aliphatic heterocycles. The van der Waals surface area contributed by atoms with Crippen LogP contribution in [0, 0.1) is 0 Å². The number of aryl methyl sites for hydroxylation is 1. The SMILES string of the molecule is CN=C(NCCCn1cnc2ccccc21)NCCc1ccc2c(c1)CCO2. The first kappa shape index (κ1) is 18.3. The van der Waals surface area contributed by atoms with E-state index in [-0.39, 0.29) is 0 Å². The minimum absolute atomic E-state index is 0.808. The molecule has 0 saturated heterocycles. The van der Waals surface area contributed by atoms with E-state index in [2.05, 4.69) is 55.5 Å². The molecular weight excluding hydrogens is 350 g/mol. The second-order valence-electron chi connectivity index (χ2n) is 7.00. The van der Waals surface area contributed by atoms with Crippen LogP contribution in [-0.4, -0.2) is 42.3 Å². The van der Waals surface area contributed by atoms with Crippen LogP contribution in [-0.2, 0) is 19.4 Å². The summed E-state index contributed by atoms with van der Waals surface area (Å²) in [6.07, 6.45) is 4.91. The number of nitrogens with zero attached hydrogens (tertiary/aromatic N) is 3. The van der Waals surface area contributed by atoms with E-state index in [4.69, 9.17) is 4.74 Å². The van der Waals surface area contributed by atoms with Gasteiger partial charge in [-0.05, 0) is 42.2 Å². The Balaban J connectivity index is 1.19. The van der Waals surface area contributed by atoms with Crippen molar-refractivity contribution in [2.45, 2.75) is 25.8 Å². The summed E-state index contributed by atoms with van der Waals surface area (Å²) in [5.74, 6) is 1.89. The fraction of sp³-hybridized carbons (Fsp3) is 0.364. The topological polar surface area (TPSA) is 63.5 Å². The second kappa shape index (κ2) is 8.78. The zero-order valence-corrected chi connectivity index (χ0v) is 16.3. The lowest BCUT2D eigenvalue weighted by Crippen LogP contribution is -2.38. The van der Waals surface area contributed by atoms with E-state index in [0.717, 1.165) is 62.7 Å². The molecule has 1 aromatic heterocycles. The van der Waals surface area contributed by atoms with Crippen molar-refractivity contribution < 1.29 is 4.74 Å². The number of nitrogens with one attached hydrogen (secondary N) is 2. The van der Waals surface area contributed by atoms with Gasteiger partial charge in [-0.25, -0.2) is 4.98 Å². The highest BCUT2D eigenvalue weighted by Crippen LogP contribution is 2.25. The zero-order chi connectivity index (χ0) is 19.2. The maximum atomic E-state index is 5.57. The lowest BCUT2D eigenvalue weighted by molar-refractivity contribution is 0.357. The molecule has 4 rings (SSSR count). The molecule has 0 spiro atoms. The molecule has 0 aliphatic carbocycles. The van der Waals surface area contributed by atoms with Gasteiger partial charge in [-0.2, -0.15) is 0 Å². The van der Waals surface area contributed by atoms with Crippen LogP contribution in [0.1, 0.15) is 17.5 Å². The van der Waals surface area contributed by atoms with Gasteiger partial charge in [-0.15, -0.1) is 0 Å². The zero-order valence-electron chi connectivity index (χ0n) is 16.3. The van der Waals surface area contributed by atoms with Crippen LogP contribution < -0.4 is 15.4 Å². The monoisotopic (exact) mass is 377 g/mol. The smallest absolute Gasteiger partial charge is 0.190 e. The quantitative estimate of drug-likeness (QED) is 0.378. The molecule has 0 fully saturated rings. The van der Waals surface area contributed by atoms with Crippen LogP contribution in [0.3, 0.4) is 0 Å². The van der Waals surface area contributed by atoms with Gasteiger partial charge in [0.2, 0.25) is 0 Å². The van der Waals surface area contributed by atoms with Gasteiger partial charge in [0.1, 0.15) is 5.75 Å². The number of aliphatic imine (C=N–C) groups is 1. The van der Waals surface area contributed by atoms with E-state index in [9.17, 15) is 0 Å². The van der Waals surface area contributed by atoms with E-state index in [1.165, 1.54) is 16.6 Å². The minimum atomic E-state index is 0.808. The molecule has 6 nitrogen and oxygen atoms in total. The molecule has 0 radical (unpaired) electrons. The molecule has 2 heterocycles. The van der Waals surface area contributed by atoms with Gasteiger partial charge in [0, 0.05) is 33.1 Å². The number of rotatable bonds is 7. The predicted molar refractivity (Wildman–Crippen MR) is 113 cm³/mol. The molecule has 2 aromatic carbocycles. The molecule has 1 aliphatic rings. The average molecular weight is 377 g/mol. The Morgan fingerprint density at radius 1 is 1.18 bits per heavy atom. The van der Waals surface area contributed by atoms with E-state index in [1.54, 1.807) is 0 Å². The van der Waals surface area contributed by atoms with Crippen molar-refractivity contribution in [1.82, 2.24) is 20.2 Å². The number of benzene rings is 2. The third-order valence-corrected chi connectivity index (χ3v) is 5.08. The number of imidazole rings is 1. The van der Waals surface area contributed by atoms with Crippen molar-refractivity contribution in [2.24, 2.45) is 4.99 Å². The molecule has 0 bridgehead atoms. The van der Waals surface area contributed by atoms with Crippen molar-refractivity contribution in [3.8, 4) is 5.75 Å². The number of ether oxygens (including phenoxy) is 1. The number of hydrogen-bond donors (Lipinski definition) is 2. The van der Waals surface area contributed by atoms with E-state index in [1.807, 2.05) is 25.5 Å². The third-order valence-electron chi connectivity index (χ3n) is 5.08. The molecule has 28 heavy (non-hydrogen) atoms. The summed E-state index contributed by atoms with van der Waals surface area (Å²) < 4.78 is 7.77. The number of guanidine groups is 1. The third kappa shape index (κ3) is 4.27. The molecule has 6 heteroatoms. The Labute approximate surface area is 165 Å². The molecule has 146 valence electrons. The van der Waals surface area contributed by atoms with E-state index >= 15 is 0 Å². The Morgan fingerprint density at radius 3 is 3.00 bits per heavy atom. The molecule has 0 atom stereocenters. The maximum absolute atomic E-state index is 5.57. The standard InChI is InChI=1S/C22H27N5O/c1-23-22(25-12-9-17-7-8-21-18(15-17)10-14-28-21)24-11-4-13-27-16-26-19-5-2-3-6-20(19)27/h2-3,5-8,15-16H,4,9-14H2,1H3,(H2,23,24,25). The van der Waals surface area contributed by atoms with Crippen LogP contribution in [0.4, 0.5) is 0 Å². The number of fused-ring (bicyclic) bond motifs is 2. The minimum Gasteiger partial charge on any atom is -0.493 e. The van der Waals surface area contributed by atoms with E-state index in [0.29, 0.717) is 0 Å². The van der Waals surface area contributed by atoms with E-state index < -0.39 is 0 Å². The lowest BCUT2D eigenvalue weighted by Gasteiger charge is -2.12. The van der Waals surface area contributed by atoms with Crippen LogP contribution in [0.2, 0.25) is 0 Å². The van der Waals surface area contributed by atoms with Crippen LogP contribution in [0.25, 0.3) is 11.0 Å². The van der Waals surface area contributed by atoms with Crippen molar-refractivity contribution in [3.63, 3.8) is 0 Å². The Morgan fingerprint density at radius 2 is 2.07 bits per heavy atom. The fourth-order valence-electron chi connectivity index (χ4n) is 3.59. The summed E-state index contributed by atoms with van der Waals surface area (Å²) >= 11 is 0. The molecule has 3 aromatic rings. The maximum Gasteiger partial charge on any atom is 0.190 e. The highest BCUT2D eigenvalue weighted by atomic mass is 16.5. The summed E-state index contributed by atoms with van der Waals surface area (Å²) in [4.78, 5) is 8.76. The molecule has 0 unspecified atom stereocenters. The van der Waals surface area contributed by atoms with Gasteiger partial charge < -0.3 is 19.9 Å². The first-order valence-electron chi connectivity index (χ1n) is 9.92. The summed E-state index contributed by atoms with van der Waals surface area (Å²) in [6.45, 7) is 3.46. The van der Waals surface area contributed by atoms with Gasteiger partial charge in [-0.3, -0.25) is 4.99 Å². The van der Waals surface area contributed by atoms with Crippen molar-refractivity contribution >= 4 is 17.0 Å². The van der Waals surface area contributed by atoms with Gasteiger partial charge in [0.25, 0.3) is 0 Å². The highest BCUT2D eigenvalue weighted by molar-refractivity contribution is 5.79.